The van der Waals surface area contributed by atoms with Crippen molar-refractivity contribution in [1.82, 2.24) is 9.55 Å². The van der Waals surface area contributed by atoms with Gasteiger partial charge in [-0.15, -0.1) is 0 Å². The number of alkyl halides is 3. The highest BCUT2D eigenvalue weighted by Crippen LogP contribution is 2.30. The molecule has 0 amide bonds. The first-order chi connectivity index (χ1) is 7.89. The first-order valence-corrected chi connectivity index (χ1v) is 5.32. The summed E-state index contributed by atoms with van der Waals surface area (Å²) in [5.41, 5.74) is -1.15. The van der Waals surface area contributed by atoms with Crippen LogP contribution >= 0.6 is 15.9 Å². The summed E-state index contributed by atoms with van der Waals surface area (Å²) < 4.78 is 39.0. The molecule has 2 aromatic rings. The first-order valence-electron chi connectivity index (χ1n) is 4.53. The van der Waals surface area contributed by atoms with Crippen LogP contribution < -0.4 is 5.69 Å². The molecular formula is C10H6BrF3N2O. The normalized spacial score (nSPS) is 11.8. The van der Waals surface area contributed by atoms with Crippen molar-refractivity contribution in [3.05, 3.63) is 51.1 Å². The van der Waals surface area contributed by atoms with Gasteiger partial charge in [0.25, 0.3) is 0 Å². The lowest BCUT2D eigenvalue weighted by atomic mass is 10.2. The molecule has 17 heavy (non-hydrogen) atoms. The average molecular weight is 307 g/mol. The van der Waals surface area contributed by atoms with Crippen molar-refractivity contribution >= 4 is 15.9 Å². The molecular weight excluding hydrogens is 301 g/mol. The summed E-state index contributed by atoms with van der Waals surface area (Å²) in [5.74, 6) is 0. The van der Waals surface area contributed by atoms with E-state index in [0.29, 0.717) is 4.60 Å². The second-order valence-corrected chi connectivity index (χ2v) is 4.11. The Labute approximate surface area is 102 Å². The zero-order chi connectivity index (χ0) is 12.6. The van der Waals surface area contributed by atoms with Crippen LogP contribution in [0.2, 0.25) is 0 Å². The van der Waals surface area contributed by atoms with E-state index >= 15 is 0 Å². The smallest absolute Gasteiger partial charge is 0.311 e. The number of nitrogens with zero attached hydrogens (tertiary/aromatic N) is 1. The van der Waals surface area contributed by atoms with E-state index in [2.05, 4.69) is 20.9 Å². The maximum absolute atomic E-state index is 12.5. The number of benzene rings is 1. The molecule has 0 aliphatic rings. The average Bonchev–Trinajstić information content (AvgIpc) is 2.57. The van der Waals surface area contributed by atoms with E-state index in [1.54, 1.807) is 0 Å². The molecule has 1 N–H and O–H groups in total. The molecule has 0 fully saturated rings. The van der Waals surface area contributed by atoms with Gasteiger partial charge in [-0.05, 0) is 34.1 Å². The SMILES string of the molecule is O=c1[nH]cc(Br)n1-c1cccc(C(F)(F)F)c1. The zero-order valence-electron chi connectivity index (χ0n) is 8.25. The quantitative estimate of drug-likeness (QED) is 0.864. The van der Waals surface area contributed by atoms with Crippen molar-refractivity contribution in [1.29, 1.82) is 0 Å². The van der Waals surface area contributed by atoms with Gasteiger partial charge in [0.15, 0.2) is 0 Å². The Kier molecular flexibility index (Phi) is 2.86. The van der Waals surface area contributed by atoms with E-state index in [1.807, 2.05) is 0 Å². The Morgan fingerprint density at radius 1 is 1.29 bits per heavy atom. The van der Waals surface area contributed by atoms with Crippen LogP contribution in [0.15, 0.2) is 39.9 Å². The molecule has 0 bridgehead atoms. The summed E-state index contributed by atoms with van der Waals surface area (Å²) in [5, 5.41) is 0. The molecule has 0 saturated heterocycles. The Bertz CT molecular complexity index is 600. The van der Waals surface area contributed by atoms with Crippen LogP contribution in [0.4, 0.5) is 13.2 Å². The van der Waals surface area contributed by atoms with Crippen molar-refractivity contribution < 1.29 is 13.2 Å². The number of aromatic nitrogens is 2. The van der Waals surface area contributed by atoms with Gasteiger partial charge in [-0.3, -0.25) is 4.57 Å². The van der Waals surface area contributed by atoms with Crippen molar-refractivity contribution in [2.75, 3.05) is 0 Å². The maximum atomic E-state index is 12.5. The van der Waals surface area contributed by atoms with Gasteiger partial charge in [-0.2, -0.15) is 13.2 Å². The highest BCUT2D eigenvalue weighted by molar-refractivity contribution is 9.10. The van der Waals surface area contributed by atoms with E-state index in [4.69, 9.17) is 0 Å². The van der Waals surface area contributed by atoms with E-state index in [1.165, 1.54) is 18.3 Å². The standard InChI is InChI=1S/C10H6BrF3N2O/c11-8-5-15-9(17)16(8)7-3-1-2-6(4-7)10(12,13)14/h1-5H,(H,15,17). The lowest BCUT2D eigenvalue weighted by Gasteiger charge is -2.09. The maximum Gasteiger partial charge on any atom is 0.416 e. The molecule has 0 aliphatic carbocycles. The van der Waals surface area contributed by atoms with Crippen LogP contribution in [0.3, 0.4) is 0 Å². The third-order valence-corrected chi connectivity index (χ3v) is 2.75. The summed E-state index contributed by atoms with van der Waals surface area (Å²) >= 11 is 3.08. The minimum Gasteiger partial charge on any atom is -0.311 e. The number of hydrogen-bond acceptors (Lipinski definition) is 1. The minimum absolute atomic E-state index is 0.151. The van der Waals surface area contributed by atoms with Crippen molar-refractivity contribution in [3.63, 3.8) is 0 Å². The molecule has 1 aromatic heterocycles. The Balaban J connectivity index is 2.59. The highest BCUT2D eigenvalue weighted by atomic mass is 79.9. The predicted molar refractivity (Wildman–Crippen MR) is 59.1 cm³/mol. The Hall–Kier alpha value is -1.50. The monoisotopic (exact) mass is 306 g/mol. The third-order valence-electron chi connectivity index (χ3n) is 2.16. The molecule has 90 valence electrons. The van der Waals surface area contributed by atoms with Gasteiger partial charge in [-0.25, -0.2) is 4.79 Å². The van der Waals surface area contributed by atoms with Gasteiger partial charge in [0.2, 0.25) is 0 Å². The zero-order valence-corrected chi connectivity index (χ0v) is 9.84. The molecule has 1 aromatic carbocycles. The lowest BCUT2D eigenvalue weighted by Crippen LogP contribution is -2.16. The summed E-state index contributed by atoms with van der Waals surface area (Å²) in [4.78, 5) is 13.8. The van der Waals surface area contributed by atoms with E-state index < -0.39 is 17.4 Å². The van der Waals surface area contributed by atoms with E-state index in [9.17, 15) is 18.0 Å². The van der Waals surface area contributed by atoms with E-state index in [-0.39, 0.29) is 5.69 Å². The van der Waals surface area contributed by atoms with Crippen LogP contribution in [0, 0.1) is 0 Å². The molecule has 0 radical (unpaired) electrons. The molecule has 3 nitrogen and oxygen atoms in total. The van der Waals surface area contributed by atoms with Crippen molar-refractivity contribution in [2.24, 2.45) is 0 Å². The predicted octanol–water partition coefficient (Wildman–Crippen LogP) is 2.95. The fraction of sp³-hybridized carbons (Fsp3) is 0.100. The second-order valence-electron chi connectivity index (χ2n) is 3.30. The number of nitrogens with one attached hydrogen (secondary N) is 1. The fourth-order valence-electron chi connectivity index (χ4n) is 1.41. The number of imidazole rings is 1. The third kappa shape index (κ3) is 2.28. The number of hydrogen-bond donors (Lipinski definition) is 1. The topological polar surface area (TPSA) is 37.8 Å². The van der Waals surface area contributed by atoms with Crippen LogP contribution in [-0.4, -0.2) is 9.55 Å². The summed E-state index contributed by atoms with van der Waals surface area (Å²) in [6.45, 7) is 0. The number of H-pyrrole nitrogens is 1. The Morgan fingerprint density at radius 3 is 2.53 bits per heavy atom. The summed E-state index contributed by atoms with van der Waals surface area (Å²) in [6.07, 6.45) is -3.06. The first kappa shape index (κ1) is 12.0. The molecule has 2 rings (SSSR count). The number of halogens is 4. The van der Waals surface area contributed by atoms with Crippen LogP contribution in [-0.2, 0) is 6.18 Å². The molecule has 0 unspecified atom stereocenters. The van der Waals surface area contributed by atoms with Gasteiger partial charge < -0.3 is 4.98 Å². The summed E-state index contributed by atoms with van der Waals surface area (Å²) in [6, 6.07) is 4.55. The lowest BCUT2D eigenvalue weighted by molar-refractivity contribution is -0.137. The van der Waals surface area contributed by atoms with Gasteiger partial charge in [0, 0.05) is 6.20 Å². The second kappa shape index (κ2) is 4.06. The summed E-state index contributed by atoms with van der Waals surface area (Å²) in [7, 11) is 0. The molecule has 7 heteroatoms. The highest BCUT2D eigenvalue weighted by Gasteiger charge is 2.30. The van der Waals surface area contributed by atoms with Gasteiger partial charge in [-0.1, -0.05) is 6.07 Å². The molecule has 1 heterocycles. The van der Waals surface area contributed by atoms with Gasteiger partial charge in [0.05, 0.1) is 11.3 Å². The van der Waals surface area contributed by atoms with Crippen molar-refractivity contribution in [3.8, 4) is 5.69 Å². The largest absolute Gasteiger partial charge is 0.416 e. The Morgan fingerprint density at radius 2 is 2.00 bits per heavy atom. The van der Waals surface area contributed by atoms with Gasteiger partial charge in [0.1, 0.15) is 4.60 Å². The minimum atomic E-state index is -4.43. The number of aromatic amines is 1. The molecule has 0 aliphatic heterocycles. The fourth-order valence-corrected chi connectivity index (χ4v) is 1.89. The molecule has 0 atom stereocenters. The van der Waals surface area contributed by atoms with Gasteiger partial charge >= 0.3 is 11.9 Å². The van der Waals surface area contributed by atoms with Crippen LogP contribution in [0.25, 0.3) is 5.69 Å². The van der Waals surface area contributed by atoms with Crippen molar-refractivity contribution in [2.45, 2.75) is 6.18 Å². The molecule has 0 spiro atoms. The van der Waals surface area contributed by atoms with Crippen LogP contribution in [0.1, 0.15) is 5.56 Å². The van der Waals surface area contributed by atoms with E-state index in [0.717, 1.165) is 16.7 Å². The number of rotatable bonds is 1. The molecule has 0 saturated carbocycles. The van der Waals surface area contributed by atoms with Crippen LogP contribution in [0.5, 0.6) is 0 Å².